The fourth-order valence-electron chi connectivity index (χ4n) is 5.35. The first-order valence-corrected chi connectivity index (χ1v) is 18.1. The molecule has 0 radical (unpaired) electrons. The number of aryl methyl sites for hydroxylation is 1. The van der Waals surface area contributed by atoms with Gasteiger partial charge in [0, 0.05) is 0 Å². The first kappa shape index (κ1) is 30.5. The third-order valence-corrected chi connectivity index (χ3v) is 10.5. The van der Waals surface area contributed by atoms with Crippen LogP contribution in [0, 0.1) is 6.92 Å². The number of ether oxygens (including phenoxy) is 2. The zero-order valence-electron chi connectivity index (χ0n) is 22.3. The normalized spacial score (nSPS) is 38.3. The third-order valence-electron chi connectivity index (χ3n) is 7.43. The van der Waals surface area contributed by atoms with Gasteiger partial charge < -0.3 is 38.5 Å². The summed E-state index contributed by atoms with van der Waals surface area (Å²) in [6.07, 6.45) is -4.99. The van der Waals surface area contributed by atoms with Crippen molar-refractivity contribution in [3.63, 3.8) is 0 Å². The Morgan fingerprint density at radius 1 is 0.886 bits per heavy atom. The number of aromatic nitrogens is 8. The number of nitrogens with zero attached hydrogens (tertiary/aromatic N) is 7. The van der Waals surface area contributed by atoms with Crippen LogP contribution in [-0.4, -0.2) is 109 Å². The quantitative estimate of drug-likeness (QED) is 0.159. The van der Waals surface area contributed by atoms with Gasteiger partial charge in [0.15, 0.2) is 23.6 Å². The lowest BCUT2D eigenvalue weighted by Crippen LogP contribution is -2.36. The number of aliphatic hydroxyl groups excluding tert-OH is 2. The molecule has 2 bridgehead atoms. The number of hydrogen-bond donors (Lipinski definition) is 5. The Hall–Kier alpha value is -2.20. The number of fused-ring (bicyclic) bond motifs is 5. The van der Waals surface area contributed by atoms with E-state index >= 15 is 0 Å². The summed E-state index contributed by atoms with van der Waals surface area (Å²) in [5.41, 5.74) is 1.15. The van der Waals surface area contributed by atoms with Crippen LogP contribution >= 0.6 is 13.4 Å². The summed E-state index contributed by atoms with van der Waals surface area (Å²) in [5.74, 6) is 0. The van der Waals surface area contributed by atoms with E-state index in [4.69, 9.17) is 51.2 Å². The first-order valence-electron chi connectivity index (χ1n) is 13.0. The molecule has 2 unspecified atom stereocenters. The van der Waals surface area contributed by atoms with Crippen molar-refractivity contribution in [3.8, 4) is 0 Å². The van der Waals surface area contributed by atoms with E-state index in [0.29, 0.717) is 16.9 Å². The van der Waals surface area contributed by atoms with Gasteiger partial charge in [0.05, 0.1) is 43.3 Å². The SMILES string of the molecule is Cc1ncnc2c1ncn2[C@@H]1O[C@@H]2COP(O)(=S)O[C@@H]3[C@H](O)[C@@H](COP(O)(=S)O[C@H]2[C@H]1O)O[C@H]3n1cnc2c(=O)[nH]ncc21. The summed E-state index contributed by atoms with van der Waals surface area (Å²) in [6.45, 7) is -7.55. The predicted molar refractivity (Wildman–Crippen MR) is 153 cm³/mol. The molecular formula is C21H24N8O11P2S2. The van der Waals surface area contributed by atoms with Crippen LogP contribution in [0.3, 0.4) is 0 Å². The second-order valence-corrected chi connectivity index (χ2v) is 15.7. The van der Waals surface area contributed by atoms with Gasteiger partial charge in [0.1, 0.15) is 48.5 Å². The molecule has 0 saturated carbocycles. The van der Waals surface area contributed by atoms with Crippen molar-refractivity contribution in [2.75, 3.05) is 13.2 Å². The molecule has 0 aromatic carbocycles. The minimum Gasteiger partial charge on any atom is -0.387 e. The van der Waals surface area contributed by atoms with E-state index in [0.717, 1.165) is 0 Å². The number of aromatic amines is 1. The average Bonchev–Trinajstić information content (AvgIpc) is 3.73. The van der Waals surface area contributed by atoms with Crippen LogP contribution in [-0.2, 0) is 51.2 Å². The number of rotatable bonds is 2. The molecule has 23 heteroatoms. The second kappa shape index (κ2) is 11.2. The van der Waals surface area contributed by atoms with Crippen molar-refractivity contribution in [2.24, 2.45) is 0 Å². The topological polar surface area (TPSA) is 243 Å². The van der Waals surface area contributed by atoms with Crippen LogP contribution < -0.4 is 5.56 Å². The van der Waals surface area contributed by atoms with E-state index in [1.165, 1.54) is 34.3 Å². The average molecular weight is 691 g/mol. The van der Waals surface area contributed by atoms with Crippen molar-refractivity contribution in [1.82, 2.24) is 39.3 Å². The highest BCUT2D eigenvalue weighted by Gasteiger charge is 2.52. The van der Waals surface area contributed by atoms with Gasteiger partial charge in [-0.3, -0.25) is 23.0 Å². The summed E-state index contributed by atoms with van der Waals surface area (Å²) < 4.78 is 37.5. The number of hydrogen-bond acceptors (Lipinski definition) is 16. The molecule has 44 heavy (non-hydrogen) atoms. The maximum atomic E-state index is 12.2. The van der Waals surface area contributed by atoms with Gasteiger partial charge in [-0.05, 0) is 30.5 Å². The van der Waals surface area contributed by atoms with E-state index in [1.54, 1.807) is 6.92 Å². The Kier molecular flexibility index (Phi) is 7.79. The molecule has 3 fully saturated rings. The van der Waals surface area contributed by atoms with Crippen molar-refractivity contribution >= 4 is 59.2 Å². The summed E-state index contributed by atoms with van der Waals surface area (Å²) in [5, 5.41) is 28.5. The van der Waals surface area contributed by atoms with Gasteiger partial charge in [-0.25, -0.2) is 25.0 Å². The summed E-state index contributed by atoms with van der Waals surface area (Å²) in [6, 6.07) is 0. The van der Waals surface area contributed by atoms with Crippen molar-refractivity contribution < 1.29 is 47.6 Å². The number of H-pyrrole nitrogens is 1. The fraction of sp³-hybridized carbons (Fsp3) is 0.524. The predicted octanol–water partition coefficient (Wildman–Crippen LogP) is -0.965. The monoisotopic (exact) mass is 690 g/mol. The molecule has 236 valence electrons. The van der Waals surface area contributed by atoms with Crippen LogP contribution in [0.4, 0.5) is 0 Å². The zero-order chi connectivity index (χ0) is 31.0. The molecule has 19 nitrogen and oxygen atoms in total. The van der Waals surface area contributed by atoms with Gasteiger partial charge in [0.2, 0.25) is 0 Å². The number of aliphatic hydroxyl groups is 2. The largest absolute Gasteiger partial charge is 0.387 e. The lowest BCUT2D eigenvalue weighted by atomic mass is 10.1. The van der Waals surface area contributed by atoms with Gasteiger partial charge in [-0.2, -0.15) is 5.10 Å². The first-order chi connectivity index (χ1) is 20.9. The molecule has 10 atom stereocenters. The molecule has 4 aromatic heterocycles. The van der Waals surface area contributed by atoms with E-state index < -0.39 is 81.3 Å². The minimum absolute atomic E-state index is 0.0368. The maximum absolute atomic E-state index is 12.2. The highest BCUT2D eigenvalue weighted by atomic mass is 32.5. The van der Waals surface area contributed by atoms with Gasteiger partial charge in [-0.15, -0.1) is 0 Å². The third kappa shape index (κ3) is 5.35. The van der Waals surface area contributed by atoms with Gasteiger partial charge in [0.25, 0.3) is 5.56 Å². The summed E-state index contributed by atoms with van der Waals surface area (Å²) >= 11 is 10.5. The Balaban J connectivity index is 1.20. The lowest BCUT2D eigenvalue weighted by Gasteiger charge is -2.28. The van der Waals surface area contributed by atoms with E-state index in [2.05, 4.69) is 30.1 Å². The Labute approximate surface area is 256 Å². The highest BCUT2D eigenvalue weighted by Crippen LogP contribution is 2.54. The molecule has 3 aliphatic heterocycles. The van der Waals surface area contributed by atoms with Crippen molar-refractivity contribution in [2.45, 2.75) is 56.0 Å². The smallest absolute Gasteiger partial charge is 0.325 e. The lowest BCUT2D eigenvalue weighted by molar-refractivity contribution is -0.0605. The van der Waals surface area contributed by atoms with Crippen LogP contribution in [0.5, 0.6) is 0 Å². The van der Waals surface area contributed by atoms with Crippen molar-refractivity contribution in [1.29, 1.82) is 0 Å². The molecule has 0 amide bonds. The molecule has 5 N–H and O–H groups in total. The number of nitrogens with one attached hydrogen (secondary N) is 1. The van der Waals surface area contributed by atoms with E-state index in [1.807, 2.05) is 0 Å². The number of imidazole rings is 2. The highest BCUT2D eigenvalue weighted by molar-refractivity contribution is 8.07. The fourth-order valence-corrected chi connectivity index (χ4v) is 8.21. The summed E-state index contributed by atoms with van der Waals surface area (Å²) in [4.78, 5) is 51.0. The molecule has 0 spiro atoms. The van der Waals surface area contributed by atoms with E-state index in [9.17, 15) is 24.8 Å². The molecule has 7 rings (SSSR count). The molecule has 4 aromatic rings. The molecule has 0 aliphatic carbocycles. The summed E-state index contributed by atoms with van der Waals surface area (Å²) in [7, 11) is 0. The minimum atomic E-state index is -4.17. The molecule has 3 aliphatic rings. The Morgan fingerprint density at radius 2 is 1.55 bits per heavy atom. The van der Waals surface area contributed by atoms with E-state index in [-0.39, 0.29) is 11.0 Å². The van der Waals surface area contributed by atoms with Crippen LogP contribution in [0.2, 0.25) is 0 Å². The molecular weight excluding hydrogens is 666 g/mol. The molecule has 3 saturated heterocycles. The van der Waals surface area contributed by atoms with Crippen molar-refractivity contribution in [3.05, 3.63) is 41.2 Å². The zero-order valence-corrected chi connectivity index (χ0v) is 25.8. The Morgan fingerprint density at radius 3 is 2.32 bits per heavy atom. The van der Waals surface area contributed by atoms with Crippen LogP contribution in [0.15, 0.2) is 30.0 Å². The maximum Gasteiger partial charge on any atom is 0.325 e. The Bertz CT molecular complexity index is 1890. The van der Waals surface area contributed by atoms with Gasteiger partial charge in [-0.1, -0.05) is 0 Å². The van der Waals surface area contributed by atoms with Crippen LogP contribution in [0.1, 0.15) is 18.1 Å². The second-order valence-electron chi connectivity index (χ2n) is 10.1. The van der Waals surface area contributed by atoms with Gasteiger partial charge >= 0.3 is 13.4 Å². The molecule has 7 heterocycles. The van der Waals surface area contributed by atoms with Crippen LogP contribution in [0.25, 0.3) is 22.2 Å². The standard InChI is InChI=1S/C21H24N8O11P2S2/c1-8-12-18(23-5-22-8)29(7-24-12)20-15(31)16-11(38-20)4-36-42(34,44)40-17-14(30)10(3-35-41(33,43)39-16)37-21(17)28-6-25-13-9(28)2-26-27-19(13)32/h2,5-7,10-11,14-17,20-21,30-31H,3-4H2,1H3,(H,27,32)(H,33,43)(H,34,44)/t10-,11-,14-,15-,16-,17-,20-,21-,41?,42?/m1/s1.